The van der Waals surface area contributed by atoms with Crippen LogP contribution < -0.4 is 15.0 Å². The number of methoxy groups -OCH3 is 1. The molecule has 4 rings (SSSR count). The maximum Gasteiger partial charge on any atom is 0.229 e. The zero-order chi connectivity index (χ0) is 21.8. The molecule has 8 nitrogen and oxygen atoms in total. The molecule has 0 aromatic carbocycles. The number of anilines is 2. The third-order valence-corrected chi connectivity index (χ3v) is 6.89. The van der Waals surface area contributed by atoms with E-state index >= 15 is 0 Å². The van der Waals surface area contributed by atoms with Gasteiger partial charge in [-0.1, -0.05) is 13.8 Å². The minimum atomic E-state index is -0.0157. The monoisotopic (exact) mass is 444 g/mol. The first kappa shape index (κ1) is 22.0. The zero-order valence-electron chi connectivity index (χ0n) is 18.6. The number of ether oxygens (including phenoxy) is 1. The number of hydrogen-bond acceptors (Lipinski definition) is 8. The topological polar surface area (TPSA) is 83.5 Å². The summed E-state index contributed by atoms with van der Waals surface area (Å²) in [6.45, 7) is 9.25. The Bertz CT molecular complexity index is 872. The van der Waals surface area contributed by atoms with Crippen LogP contribution in [0.15, 0.2) is 17.6 Å². The lowest BCUT2D eigenvalue weighted by Gasteiger charge is -2.34. The zero-order valence-corrected chi connectivity index (χ0v) is 19.4. The first-order chi connectivity index (χ1) is 15.0. The third-order valence-electron chi connectivity index (χ3n) is 6.09. The van der Waals surface area contributed by atoms with Gasteiger partial charge in [0.2, 0.25) is 17.7 Å². The molecular formula is C22H32N6O2S. The number of amides is 1. The summed E-state index contributed by atoms with van der Waals surface area (Å²) in [5.74, 6) is 2.72. The average Bonchev–Trinajstić information content (AvgIpc) is 3.19. The van der Waals surface area contributed by atoms with Crippen LogP contribution in [0, 0.1) is 17.8 Å². The minimum Gasteiger partial charge on any atom is -0.481 e. The Morgan fingerprint density at radius 2 is 1.97 bits per heavy atom. The Balaban J connectivity index is 1.26. The summed E-state index contributed by atoms with van der Waals surface area (Å²) in [6.07, 6.45) is 4.55. The fraction of sp³-hybridized carbons (Fsp3) is 0.636. The standard InChI is InChI=1S/C22H32N6O2S/c1-15-10-16(2)12-27(11-15)13-18-14-31-22(24-18)26-20(29)17-5-8-28(9-6-17)21-23-7-4-19(25-21)30-3/h4,7,14-17H,5-6,8-13H2,1-3H3,(H,24,26,29)/t15-,16-/m1/s1. The number of carbonyl (C=O) groups excluding carboxylic acids is 1. The van der Waals surface area contributed by atoms with Crippen molar-refractivity contribution in [3.63, 3.8) is 0 Å². The third kappa shape index (κ3) is 5.71. The summed E-state index contributed by atoms with van der Waals surface area (Å²) in [5, 5.41) is 5.82. The lowest BCUT2D eigenvalue weighted by molar-refractivity contribution is -0.120. The summed E-state index contributed by atoms with van der Waals surface area (Å²) in [6, 6.07) is 1.73. The molecule has 168 valence electrons. The van der Waals surface area contributed by atoms with E-state index in [1.807, 2.05) is 0 Å². The highest BCUT2D eigenvalue weighted by atomic mass is 32.1. The summed E-state index contributed by atoms with van der Waals surface area (Å²) < 4.78 is 5.18. The Hall–Kier alpha value is -2.26. The lowest BCUT2D eigenvalue weighted by Crippen LogP contribution is -2.39. The van der Waals surface area contributed by atoms with Crippen molar-refractivity contribution in [1.82, 2.24) is 19.9 Å². The highest BCUT2D eigenvalue weighted by Crippen LogP contribution is 2.26. The second-order valence-electron chi connectivity index (χ2n) is 8.93. The van der Waals surface area contributed by atoms with Gasteiger partial charge in [0.1, 0.15) is 0 Å². The maximum atomic E-state index is 12.8. The van der Waals surface area contributed by atoms with E-state index in [-0.39, 0.29) is 11.8 Å². The van der Waals surface area contributed by atoms with Crippen LogP contribution in [0.5, 0.6) is 5.88 Å². The molecule has 2 aliphatic rings. The van der Waals surface area contributed by atoms with Crippen LogP contribution in [0.25, 0.3) is 0 Å². The van der Waals surface area contributed by atoms with Crippen molar-refractivity contribution >= 4 is 28.3 Å². The molecule has 2 fully saturated rings. The molecule has 31 heavy (non-hydrogen) atoms. The van der Waals surface area contributed by atoms with E-state index in [1.54, 1.807) is 19.4 Å². The van der Waals surface area contributed by atoms with E-state index in [1.165, 1.54) is 17.8 Å². The molecule has 9 heteroatoms. The van der Waals surface area contributed by atoms with Crippen LogP contribution in [0.3, 0.4) is 0 Å². The summed E-state index contributed by atoms with van der Waals surface area (Å²) in [5.41, 5.74) is 1.05. The Morgan fingerprint density at radius 1 is 1.23 bits per heavy atom. The van der Waals surface area contributed by atoms with Gasteiger partial charge in [-0.15, -0.1) is 11.3 Å². The van der Waals surface area contributed by atoms with Gasteiger partial charge in [0, 0.05) is 56.3 Å². The number of aromatic nitrogens is 3. The second-order valence-corrected chi connectivity index (χ2v) is 9.79. The van der Waals surface area contributed by atoms with Gasteiger partial charge >= 0.3 is 0 Å². The number of likely N-dealkylation sites (tertiary alicyclic amines) is 1. The smallest absolute Gasteiger partial charge is 0.229 e. The van der Waals surface area contributed by atoms with Crippen LogP contribution in [0.4, 0.5) is 11.1 Å². The largest absolute Gasteiger partial charge is 0.481 e. The molecule has 0 radical (unpaired) electrons. The molecule has 0 unspecified atom stereocenters. The minimum absolute atomic E-state index is 0.0157. The van der Waals surface area contributed by atoms with Gasteiger partial charge in [-0.3, -0.25) is 9.69 Å². The molecule has 2 saturated heterocycles. The Morgan fingerprint density at radius 3 is 2.68 bits per heavy atom. The summed E-state index contributed by atoms with van der Waals surface area (Å²) >= 11 is 1.52. The normalized spacial score (nSPS) is 23.0. The number of carbonyl (C=O) groups is 1. The lowest BCUT2D eigenvalue weighted by atomic mass is 9.92. The van der Waals surface area contributed by atoms with E-state index in [9.17, 15) is 4.79 Å². The van der Waals surface area contributed by atoms with E-state index < -0.39 is 0 Å². The number of rotatable bonds is 6. The first-order valence-electron chi connectivity index (χ1n) is 11.1. The van der Waals surface area contributed by atoms with Crippen LogP contribution in [0.2, 0.25) is 0 Å². The molecule has 0 bridgehead atoms. The van der Waals surface area contributed by atoms with E-state index in [0.29, 0.717) is 17.0 Å². The maximum absolute atomic E-state index is 12.8. The molecule has 2 atom stereocenters. The molecule has 2 aromatic rings. The molecular weight excluding hydrogens is 412 g/mol. The summed E-state index contributed by atoms with van der Waals surface area (Å²) in [4.78, 5) is 30.8. The quantitative estimate of drug-likeness (QED) is 0.732. The van der Waals surface area contributed by atoms with Gasteiger partial charge in [-0.2, -0.15) is 4.98 Å². The molecule has 1 amide bonds. The van der Waals surface area contributed by atoms with Crippen LogP contribution in [-0.4, -0.2) is 59.0 Å². The number of hydrogen-bond donors (Lipinski definition) is 1. The van der Waals surface area contributed by atoms with Crippen LogP contribution in [0.1, 0.15) is 38.8 Å². The van der Waals surface area contributed by atoms with Crippen molar-refractivity contribution < 1.29 is 9.53 Å². The van der Waals surface area contributed by atoms with Crippen LogP contribution >= 0.6 is 11.3 Å². The highest BCUT2D eigenvalue weighted by Gasteiger charge is 2.27. The van der Waals surface area contributed by atoms with Gasteiger partial charge in [0.25, 0.3) is 0 Å². The van der Waals surface area contributed by atoms with Gasteiger partial charge < -0.3 is 15.0 Å². The number of nitrogens with one attached hydrogen (secondary N) is 1. The van der Waals surface area contributed by atoms with Gasteiger partial charge in [-0.25, -0.2) is 9.97 Å². The molecule has 2 aliphatic heterocycles. The predicted octanol–water partition coefficient (Wildman–Crippen LogP) is 3.27. The van der Waals surface area contributed by atoms with Gasteiger partial charge in [-0.05, 0) is 31.1 Å². The fourth-order valence-corrected chi connectivity index (χ4v) is 5.44. The first-order valence-corrected chi connectivity index (χ1v) is 12.0. The van der Waals surface area contributed by atoms with E-state index in [4.69, 9.17) is 4.74 Å². The predicted molar refractivity (Wildman–Crippen MR) is 122 cm³/mol. The van der Waals surface area contributed by atoms with Gasteiger partial charge in [0.15, 0.2) is 5.13 Å². The fourth-order valence-electron chi connectivity index (χ4n) is 4.73. The van der Waals surface area contributed by atoms with Gasteiger partial charge in [0.05, 0.1) is 12.8 Å². The van der Waals surface area contributed by atoms with Crippen LogP contribution in [-0.2, 0) is 11.3 Å². The average molecular weight is 445 g/mol. The second kappa shape index (κ2) is 9.91. The molecule has 2 aromatic heterocycles. The summed E-state index contributed by atoms with van der Waals surface area (Å²) in [7, 11) is 1.60. The number of piperidine rings is 2. The Labute approximate surface area is 188 Å². The SMILES string of the molecule is COc1ccnc(N2CCC(C(=O)Nc3nc(CN4C[C@H](C)C[C@@H](C)C4)cs3)CC2)n1. The number of thiazole rings is 1. The highest BCUT2D eigenvalue weighted by molar-refractivity contribution is 7.13. The molecule has 4 heterocycles. The molecule has 1 N–H and O–H groups in total. The molecule has 0 saturated carbocycles. The Kier molecular flexibility index (Phi) is 7.02. The van der Waals surface area contributed by atoms with Crippen molar-refractivity contribution in [2.45, 2.75) is 39.7 Å². The van der Waals surface area contributed by atoms with E-state index in [0.717, 1.165) is 63.1 Å². The van der Waals surface area contributed by atoms with Crippen molar-refractivity contribution in [3.05, 3.63) is 23.3 Å². The van der Waals surface area contributed by atoms with E-state index in [2.05, 4.69) is 49.3 Å². The van der Waals surface area contributed by atoms with Crippen molar-refractivity contribution in [2.24, 2.45) is 17.8 Å². The molecule has 0 spiro atoms. The van der Waals surface area contributed by atoms with Crippen molar-refractivity contribution in [2.75, 3.05) is 43.5 Å². The molecule has 0 aliphatic carbocycles. The van der Waals surface area contributed by atoms with Crippen molar-refractivity contribution in [1.29, 1.82) is 0 Å². The van der Waals surface area contributed by atoms with Crippen molar-refractivity contribution in [3.8, 4) is 5.88 Å². The number of nitrogens with zero attached hydrogens (tertiary/aromatic N) is 5.